The van der Waals surface area contributed by atoms with E-state index in [2.05, 4.69) is 5.32 Å². The van der Waals surface area contributed by atoms with E-state index in [1.54, 1.807) is 11.3 Å². The smallest absolute Gasteiger partial charge is 0.306 e. The number of aryl methyl sites for hydroxylation is 1. The molecule has 0 saturated carbocycles. The summed E-state index contributed by atoms with van der Waals surface area (Å²) in [4.78, 5) is 21.5. The Morgan fingerprint density at radius 3 is 2.85 bits per heavy atom. The molecule has 0 spiro atoms. The van der Waals surface area contributed by atoms with Crippen LogP contribution in [0.5, 0.6) is 0 Å². The number of benzene rings is 1. The third kappa shape index (κ3) is 3.61. The average Bonchev–Trinajstić information content (AvgIpc) is 2.91. The lowest BCUT2D eigenvalue weighted by molar-refractivity contribution is -0.387. The molecule has 1 heterocycles. The molecule has 0 aliphatic heterocycles. The van der Waals surface area contributed by atoms with Gasteiger partial charge >= 0.3 is 5.69 Å². The minimum absolute atomic E-state index is 0.216. The SMILES string of the molecule is O=C(CCc1ccsc1)Nc1ccc(F)c([N+](=O)[O-])c1. The summed E-state index contributed by atoms with van der Waals surface area (Å²) in [5.74, 6) is -1.19. The van der Waals surface area contributed by atoms with Gasteiger partial charge in [0.2, 0.25) is 11.7 Å². The molecule has 1 amide bonds. The number of hydrogen-bond donors (Lipinski definition) is 1. The summed E-state index contributed by atoms with van der Waals surface area (Å²) in [6.07, 6.45) is 0.862. The highest BCUT2D eigenvalue weighted by Gasteiger charge is 2.15. The summed E-state index contributed by atoms with van der Waals surface area (Å²) in [5.41, 5.74) is 0.629. The van der Waals surface area contributed by atoms with Crippen LogP contribution in [0.3, 0.4) is 0 Å². The van der Waals surface area contributed by atoms with Crippen molar-refractivity contribution >= 4 is 28.6 Å². The number of nitrogens with one attached hydrogen (secondary N) is 1. The quantitative estimate of drug-likeness (QED) is 0.678. The second kappa shape index (κ2) is 6.25. The number of nitro benzene ring substituents is 1. The van der Waals surface area contributed by atoms with Crippen molar-refractivity contribution in [2.24, 2.45) is 0 Å². The third-order valence-corrected chi connectivity index (χ3v) is 3.38. The molecule has 7 heteroatoms. The van der Waals surface area contributed by atoms with Gasteiger partial charge in [0.05, 0.1) is 4.92 Å². The number of carbonyl (C=O) groups excluding carboxylic acids is 1. The highest BCUT2D eigenvalue weighted by molar-refractivity contribution is 7.07. The van der Waals surface area contributed by atoms with Gasteiger partial charge in [0.1, 0.15) is 0 Å². The second-order valence-electron chi connectivity index (χ2n) is 4.10. The molecule has 104 valence electrons. The molecule has 1 aromatic carbocycles. The van der Waals surface area contributed by atoms with Crippen molar-refractivity contribution in [2.45, 2.75) is 12.8 Å². The van der Waals surface area contributed by atoms with Crippen molar-refractivity contribution in [1.82, 2.24) is 0 Å². The van der Waals surface area contributed by atoms with E-state index in [1.165, 1.54) is 6.07 Å². The molecule has 0 fully saturated rings. The van der Waals surface area contributed by atoms with Crippen LogP contribution in [0.2, 0.25) is 0 Å². The van der Waals surface area contributed by atoms with Gasteiger partial charge in [0.15, 0.2) is 0 Å². The second-order valence-corrected chi connectivity index (χ2v) is 4.88. The Balaban J connectivity index is 1.97. The van der Waals surface area contributed by atoms with Crippen molar-refractivity contribution in [3.05, 3.63) is 56.5 Å². The fourth-order valence-electron chi connectivity index (χ4n) is 1.65. The van der Waals surface area contributed by atoms with Crippen LogP contribution in [-0.2, 0) is 11.2 Å². The molecule has 0 aliphatic rings. The molecule has 20 heavy (non-hydrogen) atoms. The Kier molecular flexibility index (Phi) is 4.41. The summed E-state index contributed by atoms with van der Waals surface area (Å²) >= 11 is 1.55. The number of thiophene rings is 1. The molecule has 0 saturated heterocycles. The topological polar surface area (TPSA) is 72.2 Å². The van der Waals surface area contributed by atoms with Crippen molar-refractivity contribution in [2.75, 3.05) is 5.32 Å². The van der Waals surface area contributed by atoms with E-state index in [0.29, 0.717) is 6.42 Å². The minimum atomic E-state index is -0.925. The molecule has 0 bridgehead atoms. The molecule has 0 unspecified atom stereocenters. The van der Waals surface area contributed by atoms with E-state index in [4.69, 9.17) is 0 Å². The van der Waals surface area contributed by atoms with E-state index >= 15 is 0 Å². The first-order chi connectivity index (χ1) is 9.56. The highest BCUT2D eigenvalue weighted by atomic mass is 32.1. The maximum absolute atomic E-state index is 13.1. The highest BCUT2D eigenvalue weighted by Crippen LogP contribution is 2.21. The number of nitrogens with zero attached hydrogens (tertiary/aromatic N) is 1. The molecule has 0 atom stereocenters. The molecule has 0 aliphatic carbocycles. The molecule has 5 nitrogen and oxygen atoms in total. The number of carbonyl (C=O) groups is 1. The standard InChI is InChI=1S/C13H11FN2O3S/c14-11-3-2-10(7-12(11)16(18)19)15-13(17)4-1-9-5-6-20-8-9/h2-3,5-8H,1,4H2,(H,15,17). The lowest BCUT2D eigenvalue weighted by Crippen LogP contribution is -2.12. The number of anilines is 1. The predicted molar refractivity (Wildman–Crippen MR) is 74.3 cm³/mol. The van der Waals surface area contributed by atoms with Gasteiger partial charge in [-0.15, -0.1) is 0 Å². The predicted octanol–water partition coefficient (Wildman–Crippen LogP) is 3.37. The molecule has 1 aromatic heterocycles. The normalized spacial score (nSPS) is 10.2. The Labute approximate surface area is 118 Å². The zero-order valence-corrected chi connectivity index (χ0v) is 11.2. The van der Waals surface area contributed by atoms with E-state index in [9.17, 15) is 19.3 Å². The molecular weight excluding hydrogens is 283 g/mol. The van der Waals surface area contributed by atoms with E-state index in [-0.39, 0.29) is 18.0 Å². The van der Waals surface area contributed by atoms with Crippen LogP contribution >= 0.6 is 11.3 Å². The molecular formula is C13H11FN2O3S. The van der Waals surface area contributed by atoms with Crippen LogP contribution in [0.25, 0.3) is 0 Å². The summed E-state index contributed by atoms with van der Waals surface area (Å²) < 4.78 is 13.1. The van der Waals surface area contributed by atoms with Gasteiger partial charge in [-0.3, -0.25) is 14.9 Å². The van der Waals surface area contributed by atoms with Crippen LogP contribution in [0.1, 0.15) is 12.0 Å². The Bertz CT molecular complexity index is 629. The van der Waals surface area contributed by atoms with E-state index in [0.717, 1.165) is 17.7 Å². The number of rotatable bonds is 5. The van der Waals surface area contributed by atoms with Gasteiger partial charge < -0.3 is 5.32 Å². The van der Waals surface area contributed by atoms with Crippen molar-refractivity contribution < 1.29 is 14.1 Å². The van der Waals surface area contributed by atoms with Crippen molar-refractivity contribution in [1.29, 1.82) is 0 Å². The maximum atomic E-state index is 13.1. The molecule has 1 N–H and O–H groups in total. The first kappa shape index (κ1) is 14.1. The fraction of sp³-hybridized carbons (Fsp3) is 0.154. The third-order valence-electron chi connectivity index (χ3n) is 2.65. The van der Waals surface area contributed by atoms with Crippen LogP contribution in [-0.4, -0.2) is 10.8 Å². The largest absolute Gasteiger partial charge is 0.326 e. The van der Waals surface area contributed by atoms with Crippen LogP contribution < -0.4 is 5.32 Å². The average molecular weight is 294 g/mol. The van der Waals surface area contributed by atoms with E-state index < -0.39 is 16.4 Å². The van der Waals surface area contributed by atoms with Gasteiger partial charge in [-0.05, 0) is 40.9 Å². The van der Waals surface area contributed by atoms with Gasteiger partial charge in [-0.1, -0.05) is 0 Å². The van der Waals surface area contributed by atoms with Crippen LogP contribution in [0.4, 0.5) is 15.8 Å². The zero-order valence-electron chi connectivity index (χ0n) is 10.3. The lowest BCUT2D eigenvalue weighted by Gasteiger charge is -2.05. The first-order valence-corrected chi connectivity index (χ1v) is 6.75. The van der Waals surface area contributed by atoms with Gasteiger partial charge in [-0.25, -0.2) is 0 Å². The maximum Gasteiger partial charge on any atom is 0.306 e. The van der Waals surface area contributed by atoms with Crippen LogP contribution in [0, 0.1) is 15.9 Å². The van der Waals surface area contributed by atoms with Crippen LogP contribution in [0.15, 0.2) is 35.0 Å². The van der Waals surface area contributed by atoms with E-state index in [1.807, 2.05) is 16.8 Å². The van der Waals surface area contributed by atoms with Crippen molar-refractivity contribution in [3.63, 3.8) is 0 Å². The summed E-state index contributed by atoms with van der Waals surface area (Å²) in [6.45, 7) is 0. The molecule has 2 rings (SSSR count). The van der Waals surface area contributed by atoms with Gasteiger partial charge in [0.25, 0.3) is 0 Å². The molecule has 0 radical (unpaired) electrons. The zero-order chi connectivity index (χ0) is 14.5. The summed E-state index contributed by atoms with van der Waals surface area (Å²) in [7, 11) is 0. The number of amides is 1. The number of halogens is 1. The first-order valence-electron chi connectivity index (χ1n) is 5.81. The number of hydrogen-bond acceptors (Lipinski definition) is 4. The summed E-state index contributed by atoms with van der Waals surface area (Å²) in [5, 5.41) is 17.0. The Morgan fingerprint density at radius 1 is 1.40 bits per heavy atom. The fourth-order valence-corrected chi connectivity index (χ4v) is 2.35. The Morgan fingerprint density at radius 2 is 2.20 bits per heavy atom. The van der Waals surface area contributed by atoms with Gasteiger partial charge in [-0.2, -0.15) is 15.7 Å². The van der Waals surface area contributed by atoms with Crippen molar-refractivity contribution in [3.8, 4) is 0 Å². The Hall–Kier alpha value is -2.28. The minimum Gasteiger partial charge on any atom is -0.326 e. The summed E-state index contributed by atoms with van der Waals surface area (Å²) in [6, 6.07) is 5.20. The van der Waals surface area contributed by atoms with Gasteiger partial charge in [0, 0.05) is 18.2 Å². The number of nitro groups is 1. The monoisotopic (exact) mass is 294 g/mol. The lowest BCUT2D eigenvalue weighted by atomic mass is 10.2. The molecule has 2 aromatic rings.